The molecule has 0 atom stereocenters. The molecule has 0 fully saturated rings. The number of nitrogens with one attached hydrogen (secondary N) is 3. The van der Waals surface area contributed by atoms with E-state index in [1.165, 1.54) is 0 Å². The zero-order valence-electron chi connectivity index (χ0n) is 16.5. The number of methoxy groups -OCH3 is 2. The van der Waals surface area contributed by atoms with Gasteiger partial charge in [0.25, 0.3) is 0 Å². The molecule has 3 N–H and O–H groups in total. The Morgan fingerprint density at radius 2 is 1.81 bits per heavy atom. The quantitative estimate of drug-likeness (QED) is 0.185. The van der Waals surface area contributed by atoms with Crippen molar-refractivity contribution in [3.05, 3.63) is 29.3 Å². The van der Waals surface area contributed by atoms with Crippen molar-refractivity contribution >= 4 is 35.8 Å². The molecule has 0 saturated carbocycles. The molecule has 1 aromatic carbocycles. The molecule has 27 heavy (non-hydrogen) atoms. The minimum atomic E-state index is -0.121. The fourth-order valence-electron chi connectivity index (χ4n) is 2.10. The Kier molecular flexibility index (Phi) is 14.6. The van der Waals surface area contributed by atoms with Crippen LogP contribution in [0.15, 0.2) is 23.2 Å². The van der Waals surface area contributed by atoms with E-state index in [4.69, 9.17) is 14.2 Å². The van der Waals surface area contributed by atoms with Gasteiger partial charge in [-0.15, -0.1) is 24.0 Å². The van der Waals surface area contributed by atoms with Crippen LogP contribution in [0, 0.1) is 6.92 Å². The average molecular weight is 494 g/mol. The van der Waals surface area contributed by atoms with Gasteiger partial charge in [-0.3, -0.25) is 9.79 Å². The molecule has 1 aromatic rings. The minimum absolute atomic E-state index is 0. The molecular weight excluding hydrogens is 463 g/mol. The molecule has 0 radical (unpaired) electrons. The first-order valence-electron chi connectivity index (χ1n) is 8.52. The second kappa shape index (κ2) is 15.5. The lowest BCUT2D eigenvalue weighted by Crippen LogP contribution is -2.43. The summed E-state index contributed by atoms with van der Waals surface area (Å²) >= 11 is 0. The Balaban J connectivity index is 0.00000676. The highest BCUT2D eigenvalue weighted by Crippen LogP contribution is 2.20. The summed E-state index contributed by atoms with van der Waals surface area (Å²) < 4.78 is 15.7. The van der Waals surface area contributed by atoms with E-state index in [9.17, 15) is 4.79 Å². The highest BCUT2D eigenvalue weighted by molar-refractivity contribution is 14.0. The molecule has 0 spiro atoms. The highest BCUT2D eigenvalue weighted by Gasteiger charge is 2.07. The number of halogens is 1. The van der Waals surface area contributed by atoms with Crippen molar-refractivity contribution in [2.24, 2.45) is 4.99 Å². The number of hydrogen-bond acceptors (Lipinski definition) is 5. The van der Waals surface area contributed by atoms with Crippen LogP contribution >= 0.6 is 24.0 Å². The van der Waals surface area contributed by atoms with E-state index < -0.39 is 0 Å². The Hall–Kier alpha value is -1.59. The maximum Gasteiger partial charge on any atom is 0.239 e. The Bertz CT molecular complexity index is 584. The number of guanidine groups is 1. The Labute approximate surface area is 178 Å². The zero-order chi connectivity index (χ0) is 19.2. The molecular formula is C18H31IN4O4. The number of aryl methyl sites for hydroxylation is 1. The van der Waals surface area contributed by atoms with Crippen LogP contribution in [0.1, 0.15) is 11.1 Å². The van der Waals surface area contributed by atoms with Crippen LogP contribution in [0.3, 0.4) is 0 Å². The predicted octanol–water partition coefficient (Wildman–Crippen LogP) is 1.07. The molecule has 0 aliphatic rings. The largest absolute Gasteiger partial charge is 0.491 e. The molecule has 0 aliphatic carbocycles. The van der Waals surface area contributed by atoms with Gasteiger partial charge < -0.3 is 30.2 Å². The van der Waals surface area contributed by atoms with Crippen molar-refractivity contribution in [2.75, 3.05) is 54.2 Å². The number of benzene rings is 1. The molecule has 9 heteroatoms. The van der Waals surface area contributed by atoms with E-state index in [-0.39, 0.29) is 36.4 Å². The maximum atomic E-state index is 11.7. The van der Waals surface area contributed by atoms with Crippen LogP contribution in [0.4, 0.5) is 0 Å². The summed E-state index contributed by atoms with van der Waals surface area (Å²) in [6, 6.07) is 6.03. The SMILES string of the molecule is CN=C(NCC(=O)NCCOC)NCc1ccc(C)cc1OCCOC.I. The van der Waals surface area contributed by atoms with Crippen molar-refractivity contribution in [3.63, 3.8) is 0 Å². The number of nitrogens with zero attached hydrogens (tertiary/aromatic N) is 1. The van der Waals surface area contributed by atoms with Crippen molar-refractivity contribution in [1.29, 1.82) is 0 Å². The van der Waals surface area contributed by atoms with E-state index in [1.807, 2.05) is 25.1 Å². The van der Waals surface area contributed by atoms with Crippen LogP contribution in [-0.2, 0) is 20.8 Å². The second-order valence-corrected chi connectivity index (χ2v) is 5.57. The van der Waals surface area contributed by atoms with Gasteiger partial charge in [-0.1, -0.05) is 12.1 Å². The van der Waals surface area contributed by atoms with Crippen LogP contribution in [0.2, 0.25) is 0 Å². The Morgan fingerprint density at radius 3 is 2.48 bits per heavy atom. The summed E-state index contributed by atoms with van der Waals surface area (Å²) in [5.41, 5.74) is 2.12. The summed E-state index contributed by atoms with van der Waals surface area (Å²) in [6.07, 6.45) is 0. The van der Waals surface area contributed by atoms with Crippen molar-refractivity contribution in [1.82, 2.24) is 16.0 Å². The average Bonchev–Trinajstić information content (AvgIpc) is 2.63. The lowest BCUT2D eigenvalue weighted by molar-refractivity contribution is -0.120. The van der Waals surface area contributed by atoms with Crippen molar-refractivity contribution < 1.29 is 19.0 Å². The number of ether oxygens (including phenoxy) is 3. The lowest BCUT2D eigenvalue weighted by atomic mass is 10.1. The van der Waals surface area contributed by atoms with Crippen LogP contribution in [-0.4, -0.2) is 66.0 Å². The van der Waals surface area contributed by atoms with E-state index in [2.05, 4.69) is 20.9 Å². The fourth-order valence-corrected chi connectivity index (χ4v) is 2.10. The van der Waals surface area contributed by atoms with E-state index in [0.717, 1.165) is 16.9 Å². The van der Waals surface area contributed by atoms with Gasteiger partial charge in [0.2, 0.25) is 5.91 Å². The van der Waals surface area contributed by atoms with Crippen LogP contribution in [0.5, 0.6) is 5.75 Å². The molecule has 154 valence electrons. The van der Waals surface area contributed by atoms with E-state index in [0.29, 0.717) is 38.9 Å². The maximum absolute atomic E-state index is 11.7. The molecule has 0 bridgehead atoms. The number of rotatable bonds is 11. The lowest BCUT2D eigenvalue weighted by Gasteiger charge is -2.15. The Morgan fingerprint density at radius 1 is 1.07 bits per heavy atom. The third-order valence-electron chi connectivity index (χ3n) is 3.48. The third kappa shape index (κ3) is 11.0. The first-order valence-corrected chi connectivity index (χ1v) is 8.52. The van der Waals surface area contributed by atoms with Gasteiger partial charge in [0, 0.05) is 39.9 Å². The second-order valence-electron chi connectivity index (χ2n) is 5.57. The molecule has 1 rings (SSSR count). The van der Waals surface area contributed by atoms with Gasteiger partial charge in [0.15, 0.2) is 5.96 Å². The molecule has 8 nitrogen and oxygen atoms in total. The third-order valence-corrected chi connectivity index (χ3v) is 3.48. The van der Waals surface area contributed by atoms with Crippen LogP contribution < -0.4 is 20.7 Å². The summed E-state index contributed by atoms with van der Waals surface area (Å²) in [6.45, 7) is 4.65. The van der Waals surface area contributed by atoms with Gasteiger partial charge >= 0.3 is 0 Å². The van der Waals surface area contributed by atoms with E-state index >= 15 is 0 Å². The molecule has 0 aliphatic heterocycles. The summed E-state index contributed by atoms with van der Waals surface area (Å²) in [4.78, 5) is 15.8. The zero-order valence-corrected chi connectivity index (χ0v) is 18.8. The number of carbonyl (C=O) groups excluding carboxylic acids is 1. The number of hydrogen-bond donors (Lipinski definition) is 3. The number of carbonyl (C=O) groups is 1. The van der Waals surface area contributed by atoms with Crippen molar-refractivity contribution in [2.45, 2.75) is 13.5 Å². The van der Waals surface area contributed by atoms with Gasteiger partial charge in [-0.05, 0) is 18.6 Å². The standard InChI is InChI=1S/C18H30N4O4.HI/c1-14-5-6-15(16(11-14)26-10-9-25-4)12-21-18(19-2)22-13-17(23)20-7-8-24-3;/h5-6,11H,7-10,12-13H2,1-4H3,(H,20,23)(H2,19,21,22);1H. The van der Waals surface area contributed by atoms with Gasteiger partial charge in [0.1, 0.15) is 12.4 Å². The van der Waals surface area contributed by atoms with Gasteiger partial charge in [-0.2, -0.15) is 0 Å². The molecule has 0 saturated heterocycles. The predicted molar refractivity (Wildman–Crippen MR) is 117 cm³/mol. The monoisotopic (exact) mass is 494 g/mol. The molecule has 0 heterocycles. The minimum Gasteiger partial charge on any atom is -0.491 e. The normalized spacial score (nSPS) is 10.7. The molecule has 0 aromatic heterocycles. The van der Waals surface area contributed by atoms with E-state index in [1.54, 1.807) is 21.3 Å². The van der Waals surface area contributed by atoms with Gasteiger partial charge in [-0.25, -0.2) is 0 Å². The topological polar surface area (TPSA) is 93.2 Å². The fraction of sp³-hybridized carbons (Fsp3) is 0.556. The van der Waals surface area contributed by atoms with Gasteiger partial charge in [0.05, 0.1) is 19.8 Å². The van der Waals surface area contributed by atoms with Crippen LogP contribution in [0.25, 0.3) is 0 Å². The molecule has 1 amide bonds. The summed E-state index contributed by atoms with van der Waals surface area (Å²) in [5.74, 6) is 1.22. The first-order chi connectivity index (χ1) is 12.6. The summed E-state index contributed by atoms with van der Waals surface area (Å²) in [5, 5.41) is 8.90. The number of amides is 1. The van der Waals surface area contributed by atoms with Crippen molar-refractivity contribution in [3.8, 4) is 5.75 Å². The summed E-state index contributed by atoms with van der Waals surface area (Å²) in [7, 11) is 4.89. The molecule has 0 unspecified atom stereocenters. The smallest absolute Gasteiger partial charge is 0.239 e. The number of aliphatic imine (C=N–C) groups is 1. The highest BCUT2D eigenvalue weighted by atomic mass is 127. The first kappa shape index (κ1) is 25.4.